The van der Waals surface area contributed by atoms with Gasteiger partial charge in [-0.15, -0.1) is 0 Å². The number of aromatic nitrogens is 2. The van der Waals surface area contributed by atoms with Gasteiger partial charge in [-0.1, -0.05) is 17.7 Å². The summed E-state index contributed by atoms with van der Waals surface area (Å²) in [6, 6.07) is 12.6. The first kappa shape index (κ1) is 19.8. The molecule has 0 bridgehead atoms. The SMILES string of the molecule is Cc1ccc(O)c(-c2ccc(C(=O)Nc3ccc(N4CCN(C)CC4)cn3)nc2)c1. The van der Waals surface area contributed by atoms with Crippen LogP contribution in [0.1, 0.15) is 16.1 Å². The molecule has 2 aromatic heterocycles. The number of carbonyl (C=O) groups is 1. The van der Waals surface area contributed by atoms with E-state index in [0.29, 0.717) is 11.4 Å². The number of hydrogen-bond donors (Lipinski definition) is 2. The fraction of sp³-hybridized carbons (Fsp3) is 0.261. The molecular weight excluding hydrogens is 378 g/mol. The van der Waals surface area contributed by atoms with E-state index in [0.717, 1.165) is 43.0 Å². The number of likely N-dealkylation sites (N-methyl/N-ethyl adjacent to an activating group) is 1. The van der Waals surface area contributed by atoms with E-state index in [1.165, 1.54) is 0 Å². The average molecular weight is 403 g/mol. The molecule has 0 saturated carbocycles. The first-order chi connectivity index (χ1) is 14.5. The van der Waals surface area contributed by atoms with Gasteiger partial charge in [-0.3, -0.25) is 9.78 Å². The molecule has 1 aromatic carbocycles. The van der Waals surface area contributed by atoms with Crippen molar-refractivity contribution in [3.8, 4) is 16.9 Å². The summed E-state index contributed by atoms with van der Waals surface area (Å²) in [7, 11) is 2.12. The maximum Gasteiger partial charge on any atom is 0.275 e. The zero-order valence-electron chi connectivity index (χ0n) is 17.2. The summed E-state index contributed by atoms with van der Waals surface area (Å²) in [6.45, 7) is 5.95. The number of nitrogens with one attached hydrogen (secondary N) is 1. The minimum absolute atomic E-state index is 0.184. The van der Waals surface area contributed by atoms with E-state index in [2.05, 4.69) is 32.1 Å². The molecule has 0 radical (unpaired) electrons. The molecule has 1 saturated heterocycles. The van der Waals surface area contributed by atoms with Gasteiger partial charge in [-0.25, -0.2) is 4.98 Å². The van der Waals surface area contributed by atoms with E-state index < -0.39 is 0 Å². The number of hydrogen-bond acceptors (Lipinski definition) is 6. The number of piperazine rings is 1. The molecule has 30 heavy (non-hydrogen) atoms. The fourth-order valence-corrected chi connectivity index (χ4v) is 3.46. The van der Waals surface area contributed by atoms with E-state index >= 15 is 0 Å². The molecule has 0 atom stereocenters. The van der Waals surface area contributed by atoms with Crippen molar-refractivity contribution >= 4 is 17.4 Å². The molecule has 0 unspecified atom stereocenters. The third-order valence-electron chi connectivity index (χ3n) is 5.32. The van der Waals surface area contributed by atoms with Crippen LogP contribution >= 0.6 is 0 Å². The summed E-state index contributed by atoms with van der Waals surface area (Å²) < 4.78 is 0. The molecule has 0 aliphatic carbocycles. The van der Waals surface area contributed by atoms with Crippen molar-refractivity contribution in [3.05, 3.63) is 66.1 Å². The van der Waals surface area contributed by atoms with E-state index in [-0.39, 0.29) is 17.4 Å². The van der Waals surface area contributed by atoms with E-state index in [1.54, 1.807) is 30.6 Å². The average Bonchev–Trinajstić information content (AvgIpc) is 2.77. The van der Waals surface area contributed by atoms with Crippen LogP contribution in [0.2, 0.25) is 0 Å². The van der Waals surface area contributed by atoms with Crippen LogP contribution < -0.4 is 10.2 Å². The Morgan fingerprint density at radius 1 is 1.00 bits per heavy atom. The lowest BCUT2D eigenvalue weighted by Crippen LogP contribution is -2.44. The predicted octanol–water partition coefficient (Wildman–Crippen LogP) is 3.16. The maximum absolute atomic E-state index is 12.5. The van der Waals surface area contributed by atoms with Gasteiger partial charge < -0.3 is 20.2 Å². The van der Waals surface area contributed by atoms with Gasteiger partial charge in [-0.2, -0.15) is 0 Å². The van der Waals surface area contributed by atoms with Gasteiger partial charge in [0.05, 0.1) is 11.9 Å². The summed E-state index contributed by atoms with van der Waals surface area (Å²) in [5.74, 6) is 0.346. The van der Waals surface area contributed by atoms with Crippen molar-refractivity contribution in [2.45, 2.75) is 6.92 Å². The number of nitrogens with zero attached hydrogens (tertiary/aromatic N) is 4. The molecule has 7 nitrogen and oxygen atoms in total. The van der Waals surface area contributed by atoms with Crippen LogP contribution in [0.4, 0.5) is 11.5 Å². The Labute approximate surface area is 176 Å². The molecule has 1 aliphatic heterocycles. The number of phenolic OH excluding ortho intramolecular Hbond substituents is 1. The van der Waals surface area contributed by atoms with Gasteiger partial charge in [0.25, 0.3) is 5.91 Å². The molecule has 3 aromatic rings. The summed E-state index contributed by atoms with van der Waals surface area (Å²) in [6.07, 6.45) is 3.38. The van der Waals surface area contributed by atoms with Crippen LogP contribution in [0.5, 0.6) is 5.75 Å². The number of phenols is 1. The highest BCUT2D eigenvalue weighted by Gasteiger charge is 2.15. The van der Waals surface area contributed by atoms with Crippen molar-refractivity contribution in [3.63, 3.8) is 0 Å². The van der Waals surface area contributed by atoms with Gasteiger partial charge in [0.2, 0.25) is 0 Å². The Morgan fingerprint density at radius 2 is 1.80 bits per heavy atom. The molecule has 2 N–H and O–H groups in total. The second-order valence-electron chi connectivity index (χ2n) is 7.60. The summed E-state index contributed by atoms with van der Waals surface area (Å²) in [4.78, 5) is 25.8. The van der Waals surface area contributed by atoms with Crippen molar-refractivity contribution in [2.24, 2.45) is 0 Å². The molecule has 1 fully saturated rings. The highest BCUT2D eigenvalue weighted by Crippen LogP contribution is 2.29. The third kappa shape index (κ3) is 4.41. The van der Waals surface area contributed by atoms with Gasteiger partial charge in [0.1, 0.15) is 17.3 Å². The highest BCUT2D eigenvalue weighted by atomic mass is 16.3. The molecule has 1 aliphatic rings. The molecule has 154 valence electrons. The third-order valence-corrected chi connectivity index (χ3v) is 5.32. The number of amides is 1. The topological polar surface area (TPSA) is 81.6 Å². The zero-order chi connectivity index (χ0) is 21.1. The summed E-state index contributed by atoms with van der Waals surface area (Å²) in [5.41, 5.74) is 3.83. The lowest BCUT2D eigenvalue weighted by Gasteiger charge is -2.33. The Kier molecular flexibility index (Phi) is 5.63. The van der Waals surface area contributed by atoms with E-state index in [1.807, 2.05) is 31.2 Å². The number of anilines is 2. The van der Waals surface area contributed by atoms with Gasteiger partial charge in [0, 0.05) is 43.5 Å². The molecule has 0 spiro atoms. The monoisotopic (exact) mass is 403 g/mol. The Morgan fingerprint density at radius 3 is 2.47 bits per heavy atom. The quantitative estimate of drug-likeness (QED) is 0.696. The second kappa shape index (κ2) is 8.51. The van der Waals surface area contributed by atoms with Crippen molar-refractivity contribution in [1.29, 1.82) is 0 Å². The normalized spacial score (nSPS) is 14.5. The van der Waals surface area contributed by atoms with E-state index in [9.17, 15) is 9.90 Å². The number of aromatic hydroxyl groups is 1. The Balaban J connectivity index is 1.42. The van der Waals surface area contributed by atoms with Crippen LogP contribution in [-0.2, 0) is 0 Å². The van der Waals surface area contributed by atoms with Crippen molar-refractivity contribution in [2.75, 3.05) is 43.4 Å². The van der Waals surface area contributed by atoms with Crippen LogP contribution in [0.15, 0.2) is 54.9 Å². The largest absolute Gasteiger partial charge is 0.507 e. The Hall–Kier alpha value is -3.45. The molecule has 1 amide bonds. The number of pyridine rings is 2. The highest BCUT2D eigenvalue weighted by molar-refractivity contribution is 6.02. The number of benzene rings is 1. The van der Waals surface area contributed by atoms with Gasteiger partial charge >= 0.3 is 0 Å². The summed E-state index contributed by atoms with van der Waals surface area (Å²) in [5, 5.41) is 12.9. The fourth-order valence-electron chi connectivity index (χ4n) is 3.46. The number of carbonyl (C=O) groups excluding carboxylic acids is 1. The second-order valence-corrected chi connectivity index (χ2v) is 7.60. The van der Waals surface area contributed by atoms with Crippen LogP contribution in [0.3, 0.4) is 0 Å². The first-order valence-corrected chi connectivity index (χ1v) is 9.96. The zero-order valence-corrected chi connectivity index (χ0v) is 17.2. The van der Waals surface area contributed by atoms with Crippen molar-refractivity contribution in [1.82, 2.24) is 14.9 Å². The minimum Gasteiger partial charge on any atom is -0.507 e. The lowest BCUT2D eigenvalue weighted by atomic mass is 10.0. The predicted molar refractivity (Wildman–Crippen MR) is 118 cm³/mol. The van der Waals surface area contributed by atoms with Gasteiger partial charge in [-0.05, 0) is 44.3 Å². The van der Waals surface area contributed by atoms with Crippen LogP contribution in [-0.4, -0.2) is 59.1 Å². The van der Waals surface area contributed by atoms with Crippen molar-refractivity contribution < 1.29 is 9.90 Å². The number of rotatable bonds is 4. The maximum atomic E-state index is 12.5. The summed E-state index contributed by atoms with van der Waals surface area (Å²) >= 11 is 0. The molecular formula is C23H25N5O2. The first-order valence-electron chi connectivity index (χ1n) is 9.96. The van der Waals surface area contributed by atoms with Crippen LogP contribution in [0, 0.1) is 6.92 Å². The van der Waals surface area contributed by atoms with E-state index in [4.69, 9.17) is 0 Å². The standard InChI is InChI=1S/C23H25N5O2/c1-16-3-7-21(29)19(13-16)17-4-6-20(24-14-17)23(30)26-22-8-5-18(15-25-22)28-11-9-27(2)10-12-28/h3-8,13-15,29H,9-12H2,1-2H3,(H,25,26,30). The van der Waals surface area contributed by atoms with Crippen LogP contribution in [0.25, 0.3) is 11.1 Å². The Bertz CT molecular complexity index is 1030. The number of aryl methyl sites for hydroxylation is 1. The smallest absolute Gasteiger partial charge is 0.275 e. The van der Waals surface area contributed by atoms with Gasteiger partial charge in [0.15, 0.2) is 0 Å². The lowest BCUT2D eigenvalue weighted by molar-refractivity contribution is 0.102. The molecule has 7 heteroatoms. The molecule has 4 rings (SSSR count). The minimum atomic E-state index is -0.324. The molecule has 3 heterocycles.